The normalized spacial score (nSPS) is 11.4. The molecule has 322 valence electrons. The molecule has 60 heavy (non-hydrogen) atoms. The Balaban J connectivity index is 2.49. The van der Waals surface area contributed by atoms with Crippen LogP contribution in [0.5, 0.6) is 0 Å². The summed E-state index contributed by atoms with van der Waals surface area (Å²) in [4.78, 5) is 88.5. The van der Waals surface area contributed by atoms with Gasteiger partial charge in [-0.05, 0) is 75.9 Å². The predicted octanol–water partition coefficient (Wildman–Crippen LogP) is 4.97. The highest BCUT2D eigenvalue weighted by Crippen LogP contribution is 2.28. The standard InChI is InChI=1S/C44H50O16/c1-25(2)29(9)10-13-32(45)22-59-44(53)37-21-31(11-14-34(37)41(50)56-18-16-54-38(47)26(3)4)30-12-15-35(42(51)60-24-33(46)23-58-40(49)28(7)8)36(20-30)43(52)57-19-17-55-39(48)27(5)6/h11-12,14-15,20-21,32-33,45-46H,1,3,5,7,9-10,13,16-19,22-24H2,2,4,6,8H3. The first-order valence-corrected chi connectivity index (χ1v) is 18.4. The lowest BCUT2D eigenvalue weighted by Gasteiger charge is -2.16. The number of allylic oxidation sites excluding steroid dienone is 2. The van der Waals surface area contributed by atoms with Crippen LogP contribution in [0.3, 0.4) is 0 Å². The molecule has 2 rings (SSSR count). The van der Waals surface area contributed by atoms with Crippen molar-refractivity contribution in [3.63, 3.8) is 0 Å². The van der Waals surface area contributed by atoms with Crippen molar-refractivity contribution in [3.8, 4) is 11.1 Å². The van der Waals surface area contributed by atoms with Crippen molar-refractivity contribution < 1.29 is 76.9 Å². The van der Waals surface area contributed by atoms with Crippen LogP contribution in [0.4, 0.5) is 0 Å². The molecule has 0 aliphatic carbocycles. The molecule has 16 heteroatoms. The lowest BCUT2D eigenvalue weighted by atomic mass is 9.95. The Kier molecular flexibility index (Phi) is 20.1. The van der Waals surface area contributed by atoms with Crippen molar-refractivity contribution in [2.75, 3.05) is 46.2 Å². The quantitative estimate of drug-likeness (QED) is 0.0468. The van der Waals surface area contributed by atoms with Gasteiger partial charge in [0.15, 0.2) is 0 Å². The Labute approximate surface area is 347 Å². The third kappa shape index (κ3) is 16.3. The number of carbonyl (C=O) groups excluding carboxylic acids is 7. The zero-order valence-corrected chi connectivity index (χ0v) is 34.1. The average molecular weight is 835 g/mol. The molecule has 2 atom stereocenters. The monoisotopic (exact) mass is 834 g/mol. The molecule has 0 saturated heterocycles. The smallest absolute Gasteiger partial charge is 0.339 e. The second kappa shape index (κ2) is 24.3. The number of aliphatic hydroxyl groups excluding tert-OH is 2. The van der Waals surface area contributed by atoms with Crippen LogP contribution in [0, 0.1) is 0 Å². The van der Waals surface area contributed by atoms with E-state index in [1.54, 1.807) is 6.92 Å². The van der Waals surface area contributed by atoms with Gasteiger partial charge in [-0.2, -0.15) is 0 Å². The summed E-state index contributed by atoms with van der Waals surface area (Å²) in [7, 11) is 0. The van der Waals surface area contributed by atoms with Crippen LogP contribution < -0.4 is 0 Å². The Morgan fingerprint density at radius 3 is 1.25 bits per heavy atom. The Morgan fingerprint density at radius 1 is 0.467 bits per heavy atom. The van der Waals surface area contributed by atoms with Gasteiger partial charge in [-0.3, -0.25) is 0 Å². The molecule has 2 N–H and O–H groups in total. The topological polar surface area (TPSA) is 225 Å². The minimum absolute atomic E-state index is 0.0879. The van der Waals surface area contributed by atoms with Crippen molar-refractivity contribution in [1.82, 2.24) is 0 Å². The fourth-order valence-electron chi connectivity index (χ4n) is 4.56. The number of aliphatic hydroxyl groups is 2. The second-order valence-corrected chi connectivity index (χ2v) is 13.4. The molecule has 2 aromatic carbocycles. The predicted molar refractivity (Wildman–Crippen MR) is 216 cm³/mol. The lowest BCUT2D eigenvalue weighted by Crippen LogP contribution is -2.26. The third-order valence-electron chi connectivity index (χ3n) is 8.00. The number of hydrogen-bond acceptors (Lipinski definition) is 16. The van der Waals surface area contributed by atoms with Gasteiger partial charge in [0.25, 0.3) is 0 Å². The van der Waals surface area contributed by atoms with E-state index in [0.717, 1.165) is 5.57 Å². The summed E-state index contributed by atoms with van der Waals surface area (Å²) in [6.45, 7) is 21.1. The number of ether oxygens (including phenoxy) is 7. The fourth-order valence-corrected chi connectivity index (χ4v) is 4.56. The molecule has 0 amide bonds. The number of hydrogen-bond donors (Lipinski definition) is 2. The highest BCUT2D eigenvalue weighted by atomic mass is 16.6. The van der Waals surface area contributed by atoms with Gasteiger partial charge in [0.1, 0.15) is 52.4 Å². The van der Waals surface area contributed by atoms with E-state index in [0.29, 0.717) is 12.0 Å². The summed E-state index contributed by atoms with van der Waals surface area (Å²) in [5.41, 5.74) is 1.01. The summed E-state index contributed by atoms with van der Waals surface area (Å²) in [5.74, 6) is -6.32. The zero-order chi connectivity index (χ0) is 45.1. The van der Waals surface area contributed by atoms with E-state index in [4.69, 9.17) is 33.2 Å². The van der Waals surface area contributed by atoms with E-state index in [1.807, 2.05) is 0 Å². The number of rotatable bonds is 24. The van der Waals surface area contributed by atoms with Crippen molar-refractivity contribution >= 4 is 41.8 Å². The molecule has 0 radical (unpaired) electrons. The lowest BCUT2D eigenvalue weighted by molar-refractivity contribution is -0.142. The maximum Gasteiger partial charge on any atom is 0.339 e. The highest BCUT2D eigenvalue weighted by Gasteiger charge is 2.25. The maximum atomic E-state index is 13.5. The molecule has 0 aliphatic rings. The van der Waals surface area contributed by atoms with Gasteiger partial charge in [-0.25, -0.2) is 33.6 Å². The fraction of sp³-hybridized carbons (Fsp3) is 0.341. The van der Waals surface area contributed by atoms with Crippen LogP contribution in [-0.2, 0) is 47.5 Å². The number of esters is 7. The number of carbonyl (C=O) groups is 7. The third-order valence-corrected chi connectivity index (χ3v) is 8.00. The van der Waals surface area contributed by atoms with Crippen LogP contribution in [0.25, 0.3) is 11.1 Å². The van der Waals surface area contributed by atoms with Crippen molar-refractivity contribution in [3.05, 3.63) is 119 Å². The van der Waals surface area contributed by atoms with E-state index in [-0.39, 0.29) is 76.3 Å². The Morgan fingerprint density at radius 2 is 0.817 bits per heavy atom. The molecule has 0 spiro atoms. The van der Waals surface area contributed by atoms with Crippen LogP contribution in [-0.4, -0.2) is 110 Å². The van der Waals surface area contributed by atoms with Gasteiger partial charge >= 0.3 is 41.8 Å². The summed E-state index contributed by atoms with van der Waals surface area (Å²) < 4.78 is 35.8. The van der Waals surface area contributed by atoms with Crippen LogP contribution in [0.15, 0.2) is 97.2 Å². The second-order valence-electron chi connectivity index (χ2n) is 13.4. The van der Waals surface area contributed by atoms with E-state index < -0.39 is 80.4 Å². The molecular formula is C44H50O16. The number of benzene rings is 2. The van der Waals surface area contributed by atoms with Gasteiger partial charge in [0, 0.05) is 16.7 Å². The summed E-state index contributed by atoms with van der Waals surface area (Å²) >= 11 is 0. The van der Waals surface area contributed by atoms with Gasteiger partial charge in [0.2, 0.25) is 0 Å². The molecule has 0 aromatic heterocycles. The van der Waals surface area contributed by atoms with Crippen LogP contribution in [0.2, 0.25) is 0 Å². The first-order valence-electron chi connectivity index (χ1n) is 18.4. The van der Waals surface area contributed by atoms with Gasteiger partial charge < -0.3 is 43.4 Å². The average Bonchev–Trinajstić information content (AvgIpc) is 3.21. The Bertz CT molecular complexity index is 2020. The van der Waals surface area contributed by atoms with E-state index in [1.165, 1.54) is 57.2 Å². The molecule has 2 aromatic rings. The van der Waals surface area contributed by atoms with Crippen molar-refractivity contribution in [2.45, 2.75) is 52.7 Å². The van der Waals surface area contributed by atoms with E-state index in [9.17, 15) is 43.8 Å². The SMILES string of the molecule is C=C(C)C(=C)CCC(O)COC(=O)c1cc(-c2ccc(C(=O)OCC(O)COC(=O)C(=C)C)c(C(=O)OCCOC(=O)C(=C)C)c2)ccc1C(=O)OCCOC(=O)C(=C)C. The van der Waals surface area contributed by atoms with Gasteiger partial charge in [0.05, 0.1) is 28.4 Å². The van der Waals surface area contributed by atoms with Crippen LogP contribution in [0.1, 0.15) is 82.0 Å². The molecule has 16 nitrogen and oxygen atoms in total. The first-order chi connectivity index (χ1) is 28.2. The van der Waals surface area contributed by atoms with Crippen molar-refractivity contribution in [2.24, 2.45) is 0 Å². The molecular weight excluding hydrogens is 784 g/mol. The highest BCUT2D eigenvalue weighted by molar-refractivity contribution is 6.06. The van der Waals surface area contributed by atoms with Crippen LogP contribution >= 0.6 is 0 Å². The van der Waals surface area contributed by atoms with E-state index in [2.05, 4.69) is 32.9 Å². The summed E-state index contributed by atoms with van der Waals surface area (Å²) in [6, 6.07) is 7.76. The molecule has 2 unspecified atom stereocenters. The summed E-state index contributed by atoms with van der Waals surface area (Å²) in [5, 5.41) is 20.7. The molecule has 0 heterocycles. The van der Waals surface area contributed by atoms with Gasteiger partial charge in [-0.1, -0.05) is 56.2 Å². The molecule has 0 saturated carbocycles. The first kappa shape index (κ1) is 49.5. The molecule has 0 fully saturated rings. The summed E-state index contributed by atoms with van der Waals surface area (Å²) in [6.07, 6.45) is -1.94. The minimum atomic E-state index is -1.43. The molecule has 0 aliphatic heterocycles. The Hall–Kier alpha value is -6.65. The molecule has 0 bridgehead atoms. The van der Waals surface area contributed by atoms with E-state index >= 15 is 0 Å². The largest absolute Gasteiger partial charge is 0.459 e. The van der Waals surface area contributed by atoms with Crippen molar-refractivity contribution in [1.29, 1.82) is 0 Å². The maximum absolute atomic E-state index is 13.5. The minimum Gasteiger partial charge on any atom is -0.459 e. The van der Waals surface area contributed by atoms with Gasteiger partial charge in [-0.15, -0.1) is 0 Å². The zero-order valence-electron chi connectivity index (χ0n) is 34.1.